The van der Waals surface area contributed by atoms with E-state index in [1.165, 1.54) is 5.23 Å². The Morgan fingerprint density at radius 3 is 1.88 bits per heavy atom. The van der Waals surface area contributed by atoms with Crippen molar-refractivity contribution in [3.63, 3.8) is 0 Å². The number of hydrogen-bond acceptors (Lipinski definition) is 4. The fraction of sp³-hybridized carbons (Fsp3) is 0.316. The SMILES string of the molecule is CCON(OCC)c1ccc(C=Cc2cc[n+](CCN)cc2)cc1.Cl.[Cl-]. The summed E-state index contributed by atoms with van der Waals surface area (Å²) in [4.78, 5) is 10.9. The van der Waals surface area contributed by atoms with Gasteiger partial charge in [-0.1, -0.05) is 24.3 Å². The Morgan fingerprint density at radius 2 is 1.42 bits per heavy atom. The zero-order valence-electron chi connectivity index (χ0n) is 15.2. The van der Waals surface area contributed by atoms with E-state index in [1.807, 2.05) is 50.5 Å². The number of pyridine rings is 1. The second-order valence-corrected chi connectivity index (χ2v) is 5.18. The number of aromatic nitrogens is 1. The summed E-state index contributed by atoms with van der Waals surface area (Å²) in [7, 11) is 0. The van der Waals surface area contributed by atoms with E-state index in [1.54, 1.807) is 0 Å². The molecule has 5 nitrogen and oxygen atoms in total. The molecular weight excluding hydrogens is 373 g/mol. The van der Waals surface area contributed by atoms with Gasteiger partial charge in [0.2, 0.25) is 0 Å². The first kappa shape index (κ1) is 24.4. The molecule has 2 N–H and O–H groups in total. The molecule has 0 atom stereocenters. The summed E-state index contributed by atoms with van der Waals surface area (Å²) >= 11 is 0. The quantitative estimate of drug-likeness (QED) is 0.484. The Bertz CT molecular complexity index is 628. The van der Waals surface area contributed by atoms with Crippen molar-refractivity contribution < 1.29 is 26.6 Å². The monoisotopic (exact) mass is 399 g/mol. The van der Waals surface area contributed by atoms with E-state index in [-0.39, 0.29) is 24.8 Å². The number of nitrogens with zero attached hydrogens (tertiary/aromatic N) is 2. The van der Waals surface area contributed by atoms with Crippen molar-refractivity contribution >= 4 is 30.2 Å². The van der Waals surface area contributed by atoms with Gasteiger partial charge in [0.1, 0.15) is 0 Å². The summed E-state index contributed by atoms with van der Waals surface area (Å²) in [5, 5.41) is 1.46. The smallest absolute Gasteiger partial charge is 0.169 e. The first-order chi connectivity index (χ1) is 11.8. The highest BCUT2D eigenvalue weighted by atomic mass is 35.5. The van der Waals surface area contributed by atoms with Crippen LogP contribution in [0.15, 0.2) is 48.8 Å². The predicted molar refractivity (Wildman–Crippen MR) is 104 cm³/mol. The Hall–Kier alpha value is -1.63. The molecule has 1 aromatic carbocycles. The fourth-order valence-electron chi connectivity index (χ4n) is 2.20. The standard InChI is InChI=1S/C19H26N3O2.2ClH/c1-3-23-22(24-4-2)19-9-7-17(8-10-19)5-6-18-11-14-21(15-12-18)16-13-20;;/h5-12,14-15H,3-4,13,16,20H2,1-2H3;2*1H/q+1;;/p-1. The van der Waals surface area contributed by atoms with Crippen LogP contribution in [-0.2, 0) is 16.2 Å². The van der Waals surface area contributed by atoms with Crippen molar-refractivity contribution in [3.8, 4) is 0 Å². The molecule has 0 radical (unpaired) electrons. The Labute approximate surface area is 168 Å². The molecule has 2 aromatic rings. The zero-order valence-corrected chi connectivity index (χ0v) is 16.7. The Morgan fingerprint density at radius 1 is 0.923 bits per heavy atom. The van der Waals surface area contributed by atoms with Gasteiger partial charge in [0.15, 0.2) is 18.9 Å². The summed E-state index contributed by atoms with van der Waals surface area (Å²) in [6.45, 7) is 6.45. The molecule has 0 aliphatic heterocycles. The van der Waals surface area contributed by atoms with Crippen LogP contribution < -0.4 is 27.9 Å². The van der Waals surface area contributed by atoms with Crippen molar-refractivity contribution in [3.05, 3.63) is 59.9 Å². The van der Waals surface area contributed by atoms with E-state index < -0.39 is 0 Å². The molecule has 0 spiro atoms. The summed E-state index contributed by atoms with van der Waals surface area (Å²) in [5.74, 6) is 0. The van der Waals surface area contributed by atoms with Crippen molar-refractivity contribution in [1.82, 2.24) is 0 Å². The topological polar surface area (TPSA) is 51.6 Å². The van der Waals surface area contributed by atoms with Gasteiger partial charge in [-0.3, -0.25) is 0 Å². The van der Waals surface area contributed by atoms with Gasteiger partial charge in [0, 0.05) is 12.1 Å². The number of rotatable bonds is 9. The average Bonchev–Trinajstić information content (AvgIpc) is 2.62. The molecule has 1 heterocycles. The fourth-order valence-corrected chi connectivity index (χ4v) is 2.20. The van der Waals surface area contributed by atoms with Gasteiger partial charge >= 0.3 is 0 Å². The molecule has 0 saturated heterocycles. The highest BCUT2D eigenvalue weighted by Crippen LogP contribution is 2.17. The number of halogens is 2. The minimum absolute atomic E-state index is 0. The summed E-state index contributed by atoms with van der Waals surface area (Å²) in [5.41, 5.74) is 8.69. The molecule has 26 heavy (non-hydrogen) atoms. The van der Waals surface area contributed by atoms with E-state index >= 15 is 0 Å². The molecule has 0 aliphatic rings. The number of benzene rings is 1. The normalized spacial score (nSPS) is 10.3. The third-order valence-electron chi connectivity index (χ3n) is 3.37. The first-order valence-corrected chi connectivity index (χ1v) is 8.30. The lowest BCUT2D eigenvalue weighted by Crippen LogP contribution is -3.00. The molecule has 1 aromatic heterocycles. The number of anilines is 1. The van der Waals surface area contributed by atoms with E-state index in [2.05, 4.69) is 28.9 Å². The zero-order chi connectivity index (χ0) is 17.2. The first-order valence-electron chi connectivity index (χ1n) is 8.30. The largest absolute Gasteiger partial charge is 1.00 e. The van der Waals surface area contributed by atoms with Gasteiger partial charge in [-0.05, 0) is 37.1 Å². The third-order valence-corrected chi connectivity index (χ3v) is 3.37. The number of hydrogen-bond donors (Lipinski definition) is 1. The summed E-state index contributed by atoms with van der Waals surface area (Å²) in [6.07, 6.45) is 8.25. The maximum absolute atomic E-state index is 5.55. The van der Waals surface area contributed by atoms with Crippen LogP contribution in [0.4, 0.5) is 5.69 Å². The average molecular weight is 400 g/mol. The van der Waals surface area contributed by atoms with Gasteiger partial charge in [0.05, 0.1) is 25.4 Å². The van der Waals surface area contributed by atoms with Gasteiger partial charge in [-0.15, -0.1) is 17.6 Å². The highest BCUT2D eigenvalue weighted by molar-refractivity contribution is 5.85. The lowest BCUT2D eigenvalue weighted by molar-refractivity contribution is -0.694. The van der Waals surface area contributed by atoms with Crippen molar-refractivity contribution in [2.45, 2.75) is 20.4 Å². The van der Waals surface area contributed by atoms with Gasteiger partial charge < -0.3 is 18.1 Å². The summed E-state index contributed by atoms with van der Waals surface area (Å²) in [6, 6.07) is 12.2. The molecule has 2 rings (SSSR count). The third kappa shape index (κ3) is 7.72. The van der Waals surface area contributed by atoms with Crippen LogP contribution in [-0.4, -0.2) is 19.8 Å². The van der Waals surface area contributed by atoms with Crippen LogP contribution >= 0.6 is 12.4 Å². The van der Waals surface area contributed by atoms with Gasteiger partial charge in [0.25, 0.3) is 0 Å². The Balaban J connectivity index is 0.00000312. The number of nitrogens with two attached hydrogens (primary N) is 1. The maximum atomic E-state index is 5.55. The van der Waals surface area contributed by atoms with Crippen LogP contribution in [0.25, 0.3) is 12.2 Å². The van der Waals surface area contributed by atoms with Crippen molar-refractivity contribution in [2.24, 2.45) is 5.73 Å². The Kier molecular flexibility index (Phi) is 12.7. The van der Waals surface area contributed by atoms with Crippen LogP contribution in [0, 0.1) is 0 Å². The van der Waals surface area contributed by atoms with Crippen LogP contribution in [0.1, 0.15) is 25.0 Å². The van der Waals surface area contributed by atoms with E-state index in [4.69, 9.17) is 15.4 Å². The van der Waals surface area contributed by atoms with E-state index in [0.717, 1.165) is 23.4 Å². The van der Waals surface area contributed by atoms with Gasteiger partial charge in [-0.25, -0.2) is 14.2 Å². The van der Waals surface area contributed by atoms with Crippen LogP contribution in [0.5, 0.6) is 0 Å². The van der Waals surface area contributed by atoms with Crippen LogP contribution in [0.3, 0.4) is 0 Å². The molecule has 0 fully saturated rings. The lowest BCUT2D eigenvalue weighted by atomic mass is 10.1. The molecule has 7 heteroatoms. The van der Waals surface area contributed by atoms with Crippen LogP contribution in [0.2, 0.25) is 0 Å². The molecule has 0 amide bonds. The van der Waals surface area contributed by atoms with E-state index in [9.17, 15) is 0 Å². The van der Waals surface area contributed by atoms with E-state index in [0.29, 0.717) is 19.8 Å². The molecular formula is C19H27Cl2N3O2. The second-order valence-electron chi connectivity index (χ2n) is 5.18. The van der Waals surface area contributed by atoms with Crippen molar-refractivity contribution in [1.29, 1.82) is 0 Å². The molecule has 144 valence electrons. The molecule has 0 aliphatic carbocycles. The van der Waals surface area contributed by atoms with Gasteiger partial charge in [-0.2, -0.15) is 0 Å². The lowest BCUT2D eigenvalue weighted by Gasteiger charge is -2.21. The predicted octanol–water partition coefficient (Wildman–Crippen LogP) is 0.238. The second kappa shape index (κ2) is 13.6. The molecule has 0 saturated carbocycles. The van der Waals surface area contributed by atoms with Crippen molar-refractivity contribution in [2.75, 3.05) is 25.0 Å². The highest BCUT2D eigenvalue weighted by Gasteiger charge is 2.06. The minimum Gasteiger partial charge on any atom is -1.00 e. The minimum atomic E-state index is 0. The maximum Gasteiger partial charge on any atom is 0.169 e. The molecule has 0 bridgehead atoms. The molecule has 0 unspecified atom stereocenters. The summed E-state index contributed by atoms with van der Waals surface area (Å²) < 4.78 is 2.07.